The monoisotopic (exact) mass is 411 g/mol. The van der Waals surface area contributed by atoms with Crippen molar-refractivity contribution in [1.82, 2.24) is 4.90 Å². The molecule has 2 aromatic carbocycles. The van der Waals surface area contributed by atoms with E-state index >= 15 is 0 Å². The van der Waals surface area contributed by atoms with Crippen molar-refractivity contribution in [2.75, 3.05) is 26.4 Å². The summed E-state index contributed by atoms with van der Waals surface area (Å²) in [6.45, 7) is 3.71. The molecule has 0 aromatic heterocycles. The minimum absolute atomic E-state index is 0.0139. The smallest absolute Gasteiger partial charge is 0.338 e. The van der Waals surface area contributed by atoms with Gasteiger partial charge in [0.25, 0.3) is 11.8 Å². The summed E-state index contributed by atoms with van der Waals surface area (Å²) in [5, 5.41) is 0. The van der Waals surface area contributed by atoms with Gasteiger partial charge in [0.15, 0.2) is 0 Å². The fraction of sp³-hybridized carbons (Fsp3) is 0.273. The van der Waals surface area contributed by atoms with E-state index in [0.717, 1.165) is 4.90 Å². The van der Waals surface area contributed by atoms with Crippen molar-refractivity contribution in [1.29, 1.82) is 0 Å². The highest BCUT2D eigenvalue weighted by Gasteiger charge is 2.34. The van der Waals surface area contributed by atoms with Crippen LogP contribution in [0.25, 0.3) is 0 Å². The van der Waals surface area contributed by atoms with Crippen molar-refractivity contribution in [3.05, 3.63) is 64.7 Å². The summed E-state index contributed by atoms with van der Waals surface area (Å²) in [5.41, 5.74) is 0.990. The molecule has 2 amide bonds. The molecule has 1 aliphatic rings. The molecule has 2 aromatic rings. The van der Waals surface area contributed by atoms with Crippen LogP contribution in [0.5, 0.6) is 5.75 Å². The van der Waals surface area contributed by atoms with Gasteiger partial charge in [-0.15, -0.1) is 0 Å². The second-order valence-corrected chi connectivity index (χ2v) is 6.34. The van der Waals surface area contributed by atoms with E-state index in [1.54, 1.807) is 38.1 Å². The van der Waals surface area contributed by atoms with Crippen molar-refractivity contribution in [2.24, 2.45) is 0 Å². The van der Waals surface area contributed by atoms with E-state index < -0.39 is 11.9 Å². The van der Waals surface area contributed by atoms with Crippen molar-refractivity contribution in [2.45, 2.75) is 13.8 Å². The lowest BCUT2D eigenvalue weighted by molar-refractivity contribution is 0.0523. The number of esters is 2. The number of amides is 2. The largest absolute Gasteiger partial charge is 0.492 e. The Hall–Kier alpha value is -3.68. The van der Waals surface area contributed by atoms with Crippen LogP contribution >= 0.6 is 0 Å². The first-order valence-corrected chi connectivity index (χ1v) is 9.53. The van der Waals surface area contributed by atoms with E-state index in [4.69, 9.17) is 14.2 Å². The number of hydrogen-bond donors (Lipinski definition) is 0. The molecule has 1 aliphatic heterocycles. The van der Waals surface area contributed by atoms with Crippen LogP contribution in [0.3, 0.4) is 0 Å². The maximum absolute atomic E-state index is 12.4. The van der Waals surface area contributed by atoms with Gasteiger partial charge in [0, 0.05) is 0 Å². The molecule has 0 atom stereocenters. The normalized spacial score (nSPS) is 12.5. The number of fused-ring (bicyclic) bond motifs is 1. The topological polar surface area (TPSA) is 99.2 Å². The molecule has 0 bridgehead atoms. The van der Waals surface area contributed by atoms with E-state index in [1.165, 1.54) is 18.2 Å². The highest BCUT2D eigenvalue weighted by Crippen LogP contribution is 2.23. The first-order chi connectivity index (χ1) is 14.5. The zero-order valence-corrected chi connectivity index (χ0v) is 16.7. The molecule has 0 N–H and O–H groups in total. The van der Waals surface area contributed by atoms with Crippen molar-refractivity contribution >= 4 is 23.8 Å². The lowest BCUT2D eigenvalue weighted by atomic mass is 10.1. The molecule has 8 nitrogen and oxygen atoms in total. The van der Waals surface area contributed by atoms with E-state index in [-0.39, 0.29) is 55.1 Å². The first kappa shape index (κ1) is 21.0. The maximum atomic E-state index is 12.4. The van der Waals surface area contributed by atoms with Gasteiger partial charge < -0.3 is 14.2 Å². The van der Waals surface area contributed by atoms with Gasteiger partial charge in [-0.05, 0) is 44.2 Å². The highest BCUT2D eigenvalue weighted by molar-refractivity contribution is 6.21. The molecule has 3 rings (SSSR count). The molecule has 156 valence electrons. The van der Waals surface area contributed by atoms with Crippen LogP contribution in [0.4, 0.5) is 0 Å². The first-order valence-electron chi connectivity index (χ1n) is 9.53. The van der Waals surface area contributed by atoms with Crippen LogP contribution in [0.2, 0.25) is 0 Å². The Balaban J connectivity index is 1.73. The van der Waals surface area contributed by atoms with Gasteiger partial charge in [-0.2, -0.15) is 0 Å². The lowest BCUT2D eigenvalue weighted by Crippen LogP contribution is -2.33. The average Bonchev–Trinajstić information content (AvgIpc) is 2.99. The SMILES string of the molecule is CCOC(=O)c1cc(OCCN2C(=O)c3ccccc3C2=O)cc(C(=O)OCC)c1. The van der Waals surface area contributed by atoms with Crippen molar-refractivity contribution < 1.29 is 33.4 Å². The van der Waals surface area contributed by atoms with E-state index in [9.17, 15) is 19.2 Å². The van der Waals surface area contributed by atoms with Crippen LogP contribution in [0.1, 0.15) is 55.3 Å². The standard InChI is InChI=1S/C22H21NO7/c1-3-28-21(26)14-11-15(22(27)29-4-2)13-16(12-14)30-10-9-23-19(24)17-7-5-6-8-18(17)20(23)25/h5-8,11-13H,3-4,9-10H2,1-2H3. The summed E-state index contributed by atoms with van der Waals surface area (Å²) >= 11 is 0. The molecule has 0 fully saturated rings. The Labute approximate surface area is 173 Å². The number of benzene rings is 2. The van der Waals surface area contributed by atoms with Gasteiger partial charge in [0.1, 0.15) is 12.4 Å². The Kier molecular flexibility index (Phi) is 6.46. The number of imide groups is 1. The minimum atomic E-state index is -0.603. The summed E-state index contributed by atoms with van der Waals surface area (Å²) in [4.78, 5) is 50.1. The summed E-state index contributed by atoms with van der Waals surface area (Å²) in [7, 11) is 0. The molecule has 0 unspecified atom stereocenters. The predicted molar refractivity (Wildman–Crippen MR) is 106 cm³/mol. The summed E-state index contributed by atoms with van der Waals surface area (Å²) < 4.78 is 15.6. The van der Waals surface area contributed by atoms with Crippen LogP contribution in [-0.2, 0) is 9.47 Å². The zero-order valence-electron chi connectivity index (χ0n) is 16.7. The van der Waals surface area contributed by atoms with Gasteiger partial charge in [0.05, 0.1) is 42.0 Å². The van der Waals surface area contributed by atoms with E-state index in [0.29, 0.717) is 11.1 Å². The van der Waals surface area contributed by atoms with Gasteiger partial charge in [-0.1, -0.05) is 12.1 Å². The van der Waals surface area contributed by atoms with E-state index in [1.807, 2.05) is 0 Å². The minimum Gasteiger partial charge on any atom is -0.492 e. The Bertz CT molecular complexity index is 927. The molecule has 0 radical (unpaired) electrons. The molecule has 8 heteroatoms. The molecular formula is C22H21NO7. The number of hydrogen-bond acceptors (Lipinski definition) is 7. The molecular weight excluding hydrogens is 390 g/mol. The molecule has 0 aliphatic carbocycles. The summed E-state index contributed by atoms with van der Waals surface area (Å²) in [6.07, 6.45) is 0. The van der Waals surface area contributed by atoms with Crippen molar-refractivity contribution in [3.63, 3.8) is 0 Å². The second kappa shape index (κ2) is 9.21. The Morgan fingerprint density at radius 1 is 0.833 bits per heavy atom. The molecule has 0 saturated carbocycles. The molecule has 1 heterocycles. The average molecular weight is 411 g/mol. The van der Waals surface area contributed by atoms with Gasteiger partial charge in [-0.25, -0.2) is 9.59 Å². The number of carbonyl (C=O) groups excluding carboxylic acids is 4. The lowest BCUT2D eigenvalue weighted by Gasteiger charge is -2.15. The number of rotatable bonds is 8. The highest BCUT2D eigenvalue weighted by atomic mass is 16.5. The van der Waals surface area contributed by atoms with Crippen LogP contribution < -0.4 is 4.74 Å². The molecule has 30 heavy (non-hydrogen) atoms. The summed E-state index contributed by atoms with van der Waals surface area (Å²) in [6, 6.07) is 10.8. The maximum Gasteiger partial charge on any atom is 0.338 e. The van der Waals surface area contributed by atoms with Gasteiger partial charge >= 0.3 is 11.9 Å². The third kappa shape index (κ3) is 4.32. The van der Waals surface area contributed by atoms with Crippen LogP contribution in [0, 0.1) is 0 Å². The second-order valence-electron chi connectivity index (χ2n) is 6.34. The van der Waals surface area contributed by atoms with Gasteiger partial charge in [-0.3, -0.25) is 14.5 Å². The van der Waals surface area contributed by atoms with Crippen LogP contribution in [-0.4, -0.2) is 55.0 Å². The number of nitrogens with zero attached hydrogens (tertiary/aromatic N) is 1. The quantitative estimate of drug-likeness (QED) is 0.486. The summed E-state index contributed by atoms with van der Waals surface area (Å²) in [5.74, 6) is -1.75. The third-order valence-corrected chi connectivity index (χ3v) is 4.39. The van der Waals surface area contributed by atoms with Gasteiger partial charge in [0.2, 0.25) is 0 Å². The fourth-order valence-corrected chi connectivity index (χ4v) is 3.04. The van der Waals surface area contributed by atoms with Crippen LogP contribution in [0.15, 0.2) is 42.5 Å². The fourth-order valence-electron chi connectivity index (χ4n) is 3.04. The predicted octanol–water partition coefficient (Wildman–Crippen LogP) is 2.72. The molecule has 0 spiro atoms. The molecule has 0 saturated heterocycles. The van der Waals surface area contributed by atoms with E-state index in [2.05, 4.69) is 0 Å². The third-order valence-electron chi connectivity index (χ3n) is 4.39. The zero-order chi connectivity index (χ0) is 21.7. The Morgan fingerprint density at radius 3 is 1.80 bits per heavy atom. The van der Waals surface area contributed by atoms with Crippen molar-refractivity contribution in [3.8, 4) is 5.75 Å². The number of carbonyl (C=O) groups is 4. The number of ether oxygens (including phenoxy) is 3. The Morgan fingerprint density at radius 2 is 1.33 bits per heavy atom.